The van der Waals surface area contributed by atoms with Crippen LogP contribution in [0.2, 0.25) is 0 Å². The number of hydrogen-bond donors (Lipinski definition) is 3. The molecule has 0 spiro atoms. The molecule has 7 nitrogen and oxygen atoms in total. The second kappa shape index (κ2) is 8.82. The van der Waals surface area contributed by atoms with E-state index in [0.717, 1.165) is 0 Å². The number of rotatable bonds is 6. The first-order valence-electron chi connectivity index (χ1n) is 7.58. The first kappa shape index (κ1) is 19.2. The van der Waals surface area contributed by atoms with Gasteiger partial charge in [0.05, 0.1) is 20.6 Å². The molecule has 136 valence electrons. The van der Waals surface area contributed by atoms with Crippen LogP contribution in [0.3, 0.4) is 0 Å². The van der Waals surface area contributed by atoms with Crippen molar-refractivity contribution in [2.24, 2.45) is 0 Å². The maximum atomic E-state index is 12.3. The molecule has 0 unspecified atom stereocenters. The lowest BCUT2D eigenvalue weighted by atomic mass is 10.1. The van der Waals surface area contributed by atoms with Gasteiger partial charge in [0, 0.05) is 11.3 Å². The summed E-state index contributed by atoms with van der Waals surface area (Å²) >= 11 is 5.13. The number of carbonyl (C=O) groups is 2. The lowest BCUT2D eigenvalue weighted by Gasteiger charge is -2.12. The largest absolute Gasteiger partial charge is 0.493 e. The first-order chi connectivity index (χ1) is 12.4. The van der Waals surface area contributed by atoms with Gasteiger partial charge in [-0.25, -0.2) is 0 Å². The highest BCUT2D eigenvalue weighted by Crippen LogP contribution is 2.27. The Labute approximate surface area is 155 Å². The number of methoxy groups -OCH3 is 2. The number of benzene rings is 2. The number of amides is 1. The van der Waals surface area contributed by atoms with Crippen LogP contribution in [-0.4, -0.2) is 36.3 Å². The summed E-state index contributed by atoms with van der Waals surface area (Å²) in [6, 6.07) is 11.5. The van der Waals surface area contributed by atoms with Gasteiger partial charge in [-0.2, -0.15) is 0 Å². The van der Waals surface area contributed by atoms with Gasteiger partial charge in [0.25, 0.3) is 5.91 Å². The Hall–Kier alpha value is -3.13. The van der Waals surface area contributed by atoms with Crippen LogP contribution >= 0.6 is 12.2 Å². The van der Waals surface area contributed by atoms with E-state index in [1.54, 1.807) is 42.5 Å². The number of aliphatic carboxylic acids is 1. The molecular weight excluding hydrogens is 356 g/mol. The maximum Gasteiger partial charge on any atom is 0.307 e. The number of nitrogens with one attached hydrogen (secondary N) is 2. The fourth-order valence-electron chi connectivity index (χ4n) is 2.20. The van der Waals surface area contributed by atoms with Gasteiger partial charge in [-0.1, -0.05) is 12.1 Å². The highest BCUT2D eigenvalue weighted by molar-refractivity contribution is 7.80. The Morgan fingerprint density at radius 1 is 1.04 bits per heavy atom. The van der Waals surface area contributed by atoms with Gasteiger partial charge in [-0.3, -0.25) is 14.9 Å². The quantitative estimate of drug-likeness (QED) is 0.668. The molecule has 0 aromatic heterocycles. The third kappa shape index (κ3) is 5.18. The van der Waals surface area contributed by atoms with E-state index in [1.165, 1.54) is 14.2 Å². The smallest absolute Gasteiger partial charge is 0.307 e. The average molecular weight is 374 g/mol. The Bertz CT molecular complexity index is 821. The van der Waals surface area contributed by atoms with E-state index >= 15 is 0 Å². The average Bonchev–Trinajstić information content (AvgIpc) is 2.62. The fraction of sp³-hybridized carbons (Fsp3) is 0.167. The molecule has 0 saturated carbocycles. The number of carbonyl (C=O) groups excluding carboxylic acids is 1. The second-order valence-electron chi connectivity index (χ2n) is 5.25. The van der Waals surface area contributed by atoms with E-state index in [0.29, 0.717) is 28.3 Å². The second-order valence-corrected chi connectivity index (χ2v) is 5.65. The normalized spacial score (nSPS) is 9.92. The predicted molar refractivity (Wildman–Crippen MR) is 101 cm³/mol. The molecule has 0 aliphatic carbocycles. The number of hydrogen-bond acceptors (Lipinski definition) is 5. The molecule has 0 aliphatic heterocycles. The molecule has 0 heterocycles. The minimum Gasteiger partial charge on any atom is -0.493 e. The number of carboxylic acid groups (broad SMARTS) is 1. The van der Waals surface area contributed by atoms with Crippen molar-refractivity contribution in [2.45, 2.75) is 6.42 Å². The van der Waals surface area contributed by atoms with Gasteiger partial charge in [0.1, 0.15) is 0 Å². The SMILES string of the molecule is COc1ccc(C(=O)NC(=S)Nc2ccc(CC(=O)O)cc2)cc1OC. The molecule has 3 N–H and O–H groups in total. The van der Waals surface area contributed by atoms with Crippen molar-refractivity contribution in [3.63, 3.8) is 0 Å². The minimum absolute atomic E-state index is 0.0548. The van der Waals surface area contributed by atoms with Crippen LogP contribution in [0.25, 0.3) is 0 Å². The third-order valence-electron chi connectivity index (χ3n) is 3.44. The zero-order valence-corrected chi connectivity index (χ0v) is 15.1. The zero-order chi connectivity index (χ0) is 19.1. The molecule has 0 bridgehead atoms. The summed E-state index contributed by atoms with van der Waals surface area (Å²) in [5.74, 6) is -0.339. The standard InChI is InChI=1S/C18H18N2O5S/c1-24-14-8-5-12(10-15(14)25-2)17(23)20-18(26)19-13-6-3-11(4-7-13)9-16(21)22/h3-8,10H,9H2,1-2H3,(H,21,22)(H2,19,20,23,26). The van der Waals surface area contributed by atoms with Gasteiger partial charge < -0.3 is 19.9 Å². The van der Waals surface area contributed by atoms with Crippen LogP contribution in [0, 0.1) is 0 Å². The Kier molecular flexibility index (Phi) is 6.51. The Morgan fingerprint density at radius 2 is 1.69 bits per heavy atom. The number of anilines is 1. The molecule has 0 atom stereocenters. The van der Waals surface area contributed by atoms with Crippen LogP contribution in [-0.2, 0) is 11.2 Å². The molecular formula is C18H18N2O5S. The third-order valence-corrected chi connectivity index (χ3v) is 3.64. The lowest BCUT2D eigenvalue weighted by molar-refractivity contribution is -0.136. The Balaban J connectivity index is 1.98. The van der Waals surface area contributed by atoms with Gasteiger partial charge in [0.15, 0.2) is 16.6 Å². The Morgan fingerprint density at radius 3 is 2.27 bits per heavy atom. The number of ether oxygens (including phenoxy) is 2. The van der Waals surface area contributed by atoms with E-state index < -0.39 is 11.9 Å². The fourth-order valence-corrected chi connectivity index (χ4v) is 2.41. The summed E-state index contributed by atoms with van der Waals surface area (Å²) in [5.41, 5.74) is 1.67. The molecule has 0 radical (unpaired) electrons. The van der Waals surface area contributed by atoms with Crippen molar-refractivity contribution < 1.29 is 24.2 Å². The van der Waals surface area contributed by atoms with Crippen molar-refractivity contribution in [1.29, 1.82) is 0 Å². The van der Waals surface area contributed by atoms with Crippen LogP contribution in [0.5, 0.6) is 11.5 Å². The van der Waals surface area contributed by atoms with E-state index in [9.17, 15) is 9.59 Å². The van der Waals surface area contributed by atoms with Gasteiger partial charge in [0.2, 0.25) is 0 Å². The maximum absolute atomic E-state index is 12.3. The number of carboxylic acids is 1. The number of thiocarbonyl (C=S) groups is 1. The molecule has 8 heteroatoms. The minimum atomic E-state index is -0.900. The molecule has 2 aromatic rings. The predicted octanol–water partition coefficient (Wildman–Crippen LogP) is 2.46. The first-order valence-corrected chi connectivity index (χ1v) is 7.99. The van der Waals surface area contributed by atoms with Crippen LogP contribution in [0.4, 0.5) is 5.69 Å². The zero-order valence-electron chi connectivity index (χ0n) is 14.2. The lowest BCUT2D eigenvalue weighted by Crippen LogP contribution is -2.34. The van der Waals surface area contributed by atoms with Crippen molar-refractivity contribution in [3.8, 4) is 11.5 Å². The van der Waals surface area contributed by atoms with Crippen LogP contribution in [0.15, 0.2) is 42.5 Å². The van der Waals surface area contributed by atoms with Crippen LogP contribution < -0.4 is 20.1 Å². The van der Waals surface area contributed by atoms with Crippen LogP contribution in [0.1, 0.15) is 15.9 Å². The summed E-state index contributed by atoms with van der Waals surface area (Å²) < 4.78 is 10.3. The van der Waals surface area contributed by atoms with Gasteiger partial charge in [-0.05, 0) is 48.1 Å². The topological polar surface area (TPSA) is 96.9 Å². The van der Waals surface area contributed by atoms with E-state index in [-0.39, 0.29) is 11.5 Å². The summed E-state index contributed by atoms with van der Waals surface area (Å²) in [6.45, 7) is 0. The summed E-state index contributed by atoms with van der Waals surface area (Å²) in [6.07, 6.45) is -0.0548. The van der Waals surface area contributed by atoms with Crippen molar-refractivity contribution in [1.82, 2.24) is 5.32 Å². The van der Waals surface area contributed by atoms with E-state index in [2.05, 4.69) is 10.6 Å². The molecule has 26 heavy (non-hydrogen) atoms. The van der Waals surface area contributed by atoms with E-state index in [1.807, 2.05) is 0 Å². The molecule has 2 aromatic carbocycles. The van der Waals surface area contributed by atoms with E-state index in [4.69, 9.17) is 26.8 Å². The summed E-state index contributed by atoms with van der Waals surface area (Å²) in [4.78, 5) is 23.0. The van der Waals surface area contributed by atoms with Gasteiger partial charge in [-0.15, -0.1) is 0 Å². The van der Waals surface area contributed by atoms with Gasteiger partial charge >= 0.3 is 5.97 Å². The van der Waals surface area contributed by atoms with Crippen molar-refractivity contribution in [3.05, 3.63) is 53.6 Å². The molecule has 0 fully saturated rings. The summed E-state index contributed by atoms with van der Waals surface area (Å²) in [7, 11) is 3.00. The highest BCUT2D eigenvalue weighted by Gasteiger charge is 2.12. The highest BCUT2D eigenvalue weighted by atomic mass is 32.1. The monoisotopic (exact) mass is 374 g/mol. The molecule has 0 saturated heterocycles. The molecule has 2 rings (SSSR count). The van der Waals surface area contributed by atoms with Crippen molar-refractivity contribution >= 4 is 34.9 Å². The van der Waals surface area contributed by atoms with Crippen molar-refractivity contribution in [2.75, 3.05) is 19.5 Å². The molecule has 1 amide bonds. The molecule has 0 aliphatic rings. The summed E-state index contributed by atoms with van der Waals surface area (Å²) in [5, 5.41) is 14.3.